The van der Waals surface area contributed by atoms with Crippen LogP contribution in [0, 0.1) is 13.8 Å². The van der Waals surface area contributed by atoms with Crippen LogP contribution in [0.25, 0.3) is 0 Å². The molecule has 9 nitrogen and oxygen atoms in total. The summed E-state index contributed by atoms with van der Waals surface area (Å²) in [5, 5.41) is 7.62. The Morgan fingerprint density at radius 1 is 1.10 bits per heavy atom. The van der Waals surface area contributed by atoms with Gasteiger partial charge in [0.25, 0.3) is 5.91 Å². The van der Waals surface area contributed by atoms with Gasteiger partial charge in [0, 0.05) is 5.56 Å². The maximum atomic E-state index is 12.3. The largest absolute Gasteiger partial charge is 0.463 e. The van der Waals surface area contributed by atoms with E-state index >= 15 is 0 Å². The first-order chi connectivity index (χ1) is 14.3. The van der Waals surface area contributed by atoms with Crippen LogP contribution >= 0.6 is 0 Å². The van der Waals surface area contributed by atoms with E-state index in [1.165, 1.54) is 0 Å². The number of hydrogen-bond acceptors (Lipinski definition) is 6. The van der Waals surface area contributed by atoms with Crippen molar-refractivity contribution in [1.82, 2.24) is 16.0 Å². The van der Waals surface area contributed by atoms with Crippen molar-refractivity contribution < 1.29 is 28.7 Å². The van der Waals surface area contributed by atoms with Gasteiger partial charge in [-0.2, -0.15) is 0 Å². The summed E-state index contributed by atoms with van der Waals surface area (Å²) in [6.45, 7) is 6.81. The molecule has 0 saturated carbocycles. The van der Waals surface area contributed by atoms with Gasteiger partial charge in [-0.1, -0.05) is 13.0 Å². The van der Waals surface area contributed by atoms with Crippen LogP contribution in [0.1, 0.15) is 41.8 Å². The van der Waals surface area contributed by atoms with Crippen molar-refractivity contribution in [3.05, 3.63) is 46.2 Å². The second-order valence-corrected chi connectivity index (χ2v) is 6.81. The molecule has 0 unspecified atom stereocenters. The molecule has 162 valence electrons. The van der Waals surface area contributed by atoms with Gasteiger partial charge in [0.1, 0.15) is 13.2 Å². The molecule has 0 spiro atoms. The summed E-state index contributed by atoms with van der Waals surface area (Å²) in [5.41, 5.74) is 2.85. The summed E-state index contributed by atoms with van der Waals surface area (Å²) in [6, 6.07) is 4.20. The minimum Gasteiger partial charge on any atom is -0.463 e. The lowest BCUT2D eigenvalue weighted by Gasteiger charge is -2.28. The molecular weight excluding hydrogens is 390 g/mol. The standard InChI is InChI=1S/C21H27N3O6/c1-5-15-18(20(27)29-6-2)16(24-21(28)23-15)11-30-17(25)10-22-19(26)14-8-7-12(3)13(4)9-14/h7-9,15H,5-6,10-11H2,1-4H3,(H,22,26)(H2,23,24,28)/t15-/m1/s1. The van der Waals surface area contributed by atoms with E-state index in [-0.39, 0.29) is 31.0 Å². The molecule has 0 aliphatic carbocycles. The van der Waals surface area contributed by atoms with E-state index in [0.717, 1.165) is 11.1 Å². The molecule has 1 atom stereocenters. The Labute approximate surface area is 175 Å². The third kappa shape index (κ3) is 5.82. The zero-order chi connectivity index (χ0) is 22.3. The summed E-state index contributed by atoms with van der Waals surface area (Å²) in [5.74, 6) is -1.70. The van der Waals surface area contributed by atoms with Gasteiger partial charge in [0.15, 0.2) is 0 Å². The first-order valence-electron chi connectivity index (χ1n) is 9.75. The Kier molecular flexibility index (Phi) is 7.97. The predicted molar refractivity (Wildman–Crippen MR) is 109 cm³/mol. The highest BCUT2D eigenvalue weighted by Crippen LogP contribution is 2.17. The first-order valence-corrected chi connectivity index (χ1v) is 9.75. The highest BCUT2D eigenvalue weighted by Gasteiger charge is 2.32. The normalized spacial score (nSPS) is 15.7. The number of esters is 2. The van der Waals surface area contributed by atoms with Crippen LogP contribution in [0.2, 0.25) is 0 Å². The number of amides is 3. The molecule has 0 aromatic heterocycles. The lowest BCUT2D eigenvalue weighted by Crippen LogP contribution is -2.51. The van der Waals surface area contributed by atoms with Gasteiger partial charge >= 0.3 is 18.0 Å². The fourth-order valence-electron chi connectivity index (χ4n) is 2.92. The van der Waals surface area contributed by atoms with Crippen molar-refractivity contribution in [2.45, 2.75) is 40.2 Å². The second kappa shape index (κ2) is 10.4. The topological polar surface area (TPSA) is 123 Å². The Hall–Kier alpha value is -3.36. The number of aryl methyl sites for hydroxylation is 2. The van der Waals surface area contributed by atoms with Gasteiger partial charge in [0.2, 0.25) is 0 Å². The van der Waals surface area contributed by atoms with Crippen LogP contribution in [0.3, 0.4) is 0 Å². The van der Waals surface area contributed by atoms with E-state index in [2.05, 4.69) is 16.0 Å². The predicted octanol–water partition coefficient (Wildman–Crippen LogP) is 1.49. The summed E-state index contributed by atoms with van der Waals surface area (Å²) in [6.07, 6.45) is 0.463. The molecule has 30 heavy (non-hydrogen) atoms. The molecule has 2 rings (SSSR count). The van der Waals surface area contributed by atoms with Crippen LogP contribution in [-0.4, -0.2) is 49.7 Å². The number of urea groups is 1. The van der Waals surface area contributed by atoms with E-state index in [9.17, 15) is 19.2 Å². The molecule has 0 fully saturated rings. The van der Waals surface area contributed by atoms with Gasteiger partial charge in [-0.15, -0.1) is 0 Å². The van der Waals surface area contributed by atoms with E-state index in [1.54, 1.807) is 26.0 Å². The van der Waals surface area contributed by atoms with E-state index in [4.69, 9.17) is 9.47 Å². The average Bonchev–Trinajstić information content (AvgIpc) is 2.71. The molecule has 1 heterocycles. The van der Waals surface area contributed by atoms with Gasteiger partial charge in [-0.3, -0.25) is 9.59 Å². The number of carbonyl (C=O) groups is 4. The average molecular weight is 417 g/mol. The minimum absolute atomic E-state index is 0.165. The number of rotatable bonds is 8. The van der Waals surface area contributed by atoms with Crippen LogP contribution in [0.4, 0.5) is 4.79 Å². The number of nitrogens with one attached hydrogen (secondary N) is 3. The summed E-state index contributed by atoms with van der Waals surface area (Å²) < 4.78 is 10.2. The van der Waals surface area contributed by atoms with Crippen LogP contribution in [0.5, 0.6) is 0 Å². The maximum Gasteiger partial charge on any atom is 0.338 e. The maximum absolute atomic E-state index is 12.3. The van der Waals surface area contributed by atoms with Gasteiger partial charge in [-0.05, 0) is 50.5 Å². The molecule has 1 aliphatic heterocycles. The Bertz CT molecular complexity index is 877. The fourth-order valence-corrected chi connectivity index (χ4v) is 2.92. The third-order valence-electron chi connectivity index (χ3n) is 4.69. The fraction of sp³-hybridized carbons (Fsp3) is 0.429. The monoisotopic (exact) mass is 417 g/mol. The molecule has 0 bridgehead atoms. The molecule has 1 aliphatic rings. The minimum atomic E-state index is -0.705. The number of carbonyl (C=O) groups excluding carboxylic acids is 4. The molecule has 3 amide bonds. The highest BCUT2D eigenvalue weighted by atomic mass is 16.5. The van der Waals surface area contributed by atoms with Crippen molar-refractivity contribution in [3.8, 4) is 0 Å². The van der Waals surface area contributed by atoms with Gasteiger partial charge in [-0.25, -0.2) is 9.59 Å². The number of ether oxygens (including phenoxy) is 2. The van der Waals surface area contributed by atoms with E-state index in [1.807, 2.05) is 19.9 Å². The van der Waals surface area contributed by atoms with Crippen LogP contribution in [-0.2, 0) is 19.1 Å². The zero-order valence-electron chi connectivity index (χ0n) is 17.6. The van der Waals surface area contributed by atoms with Crippen molar-refractivity contribution in [2.24, 2.45) is 0 Å². The lowest BCUT2D eigenvalue weighted by molar-refractivity contribution is -0.142. The van der Waals surface area contributed by atoms with Crippen molar-refractivity contribution >= 4 is 23.9 Å². The molecule has 0 saturated heterocycles. The first kappa shape index (κ1) is 22.9. The summed E-state index contributed by atoms with van der Waals surface area (Å²) >= 11 is 0. The van der Waals surface area contributed by atoms with Crippen LogP contribution in [0.15, 0.2) is 29.5 Å². The molecule has 0 radical (unpaired) electrons. The van der Waals surface area contributed by atoms with Crippen molar-refractivity contribution in [3.63, 3.8) is 0 Å². The van der Waals surface area contributed by atoms with Crippen molar-refractivity contribution in [1.29, 1.82) is 0 Å². The molecule has 1 aromatic rings. The van der Waals surface area contributed by atoms with Crippen molar-refractivity contribution in [2.75, 3.05) is 19.8 Å². The second-order valence-electron chi connectivity index (χ2n) is 6.81. The molecule has 1 aromatic carbocycles. The zero-order valence-corrected chi connectivity index (χ0v) is 17.6. The van der Waals surface area contributed by atoms with Crippen LogP contribution < -0.4 is 16.0 Å². The third-order valence-corrected chi connectivity index (χ3v) is 4.69. The molecular formula is C21H27N3O6. The van der Waals surface area contributed by atoms with Gasteiger partial charge < -0.3 is 25.4 Å². The number of benzene rings is 1. The number of hydrogen-bond donors (Lipinski definition) is 3. The molecule has 3 N–H and O–H groups in total. The van der Waals surface area contributed by atoms with Gasteiger partial charge in [0.05, 0.1) is 23.9 Å². The Balaban J connectivity index is 1.99. The van der Waals surface area contributed by atoms with E-state index in [0.29, 0.717) is 12.0 Å². The smallest absolute Gasteiger partial charge is 0.338 e. The SMILES string of the molecule is CCOC(=O)C1=C(COC(=O)CNC(=O)c2ccc(C)c(C)c2)NC(=O)N[C@@H]1CC. The highest BCUT2D eigenvalue weighted by molar-refractivity contribution is 5.96. The summed E-state index contributed by atoms with van der Waals surface area (Å²) in [7, 11) is 0. The summed E-state index contributed by atoms with van der Waals surface area (Å²) in [4.78, 5) is 48.4. The Morgan fingerprint density at radius 3 is 2.47 bits per heavy atom. The quantitative estimate of drug-likeness (QED) is 0.551. The van der Waals surface area contributed by atoms with E-state index < -0.39 is 29.9 Å². The Morgan fingerprint density at radius 2 is 1.83 bits per heavy atom. The lowest BCUT2D eigenvalue weighted by atomic mass is 10.0. The molecule has 9 heteroatoms.